The lowest BCUT2D eigenvalue weighted by molar-refractivity contribution is 1.59. The van der Waals surface area contributed by atoms with E-state index in [1.54, 1.807) is 0 Å². The fourth-order valence-corrected chi connectivity index (χ4v) is 5.13. The first-order valence-electron chi connectivity index (χ1n) is 13.0. The molecule has 1 aliphatic carbocycles. The van der Waals surface area contributed by atoms with Gasteiger partial charge >= 0.3 is 0 Å². The second-order valence-electron chi connectivity index (χ2n) is 9.34. The summed E-state index contributed by atoms with van der Waals surface area (Å²) >= 11 is 0. The first kappa shape index (κ1) is 23.5. The summed E-state index contributed by atoms with van der Waals surface area (Å²) in [6.45, 7) is 0. The summed E-state index contributed by atoms with van der Waals surface area (Å²) in [4.78, 5) is 0. The third-order valence-corrected chi connectivity index (χ3v) is 6.94. The van der Waals surface area contributed by atoms with Crippen LogP contribution in [0.3, 0.4) is 0 Å². The zero-order valence-corrected chi connectivity index (χ0v) is 21.2. The molecule has 0 saturated carbocycles. The van der Waals surface area contributed by atoms with E-state index in [9.17, 15) is 0 Å². The molecule has 0 bridgehead atoms. The Morgan fingerprint density at radius 1 is 0.421 bits per heavy atom. The Balaban J connectivity index is 1.51. The summed E-state index contributed by atoms with van der Waals surface area (Å²) in [6, 6.07) is 49.2. The average molecular weight is 485 g/mol. The maximum absolute atomic E-state index is 2.29. The van der Waals surface area contributed by atoms with Crippen molar-refractivity contribution in [3.05, 3.63) is 192 Å². The Morgan fingerprint density at radius 2 is 0.895 bits per heavy atom. The molecular weight excluding hydrogens is 456 g/mol. The van der Waals surface area contributed by atoms with Crippen LogP contribution < -0.4 is 0 Å². The monoisotopic (exact) mass is 484 g/mol. The molecule has 0 saturated heterocycles. The molecule has 0 aromatic heterocycles. The molecule has 0 aliphatic heterocycles. The van der Waals surface area contributed by atoms with Gasteiger partial charge in [-0.1, -0.05) is 170 Å². The lowest BCUT2D eigenvalue weighted by Crippen LogP contribution is -1.90. The van der Waals surface area contributed by atoms with Gasteiger partial charge in [0, 0.05) is 0 Å². The highest BCUT2D eigenvalue weighted by Gasteiger charge is 2.25. The van der Waals surface area contributed by atoms with Gasteiger partial charge in [-0.15, -0.1) is 0 Å². The predicted octanol–water partition coefficient (Wildman–Crippen LogP) is 9.98. The highest BCUT2D eigenvalue weighted by molar-refractivity contribution is 6.12. The van der Waals surface area contributed by atoms with E-state index in [0.29, 0.717) is 0 Å². The molecule has 0 heteroatoms. The van der Waals surface area contributed by atoms with Crippen molar-refractivity contribution in [3.8, 4) is 11.1 Å². The van der Waals surface area contributed by atoms with Crippen LogP contribution in [0, 0.1) is 0 Å². The van der Waals surface area contributed by atoms with Crippen molar-refractivity contribution in [1.29, 1.82) is 0 Å². The van der Waals surface area contributed by atoms with E-state index < -0.39 is 0 Å². The number of benzene rings is 5. The van der Waals surface area contributed by atoms with Crippen molar-refractivity contribution >= 4 is 22.8 Å². The molecule has 1 aliphatic rings. The molecule has 6 rings (SSSR count). The highest BCUT2D eigenvalue weighted by atomic mass is 14.3. The number of hydrogen-bond donors (Lipinski definition) is 0. The SMILES string of the molecule is C(=Cc1ccccc1)C=C(C=CC(=C1c2ccccc2-c2ccccc21)c1ccccc1)c1ccccc1. The van der Waals surface area contributed by atoms with E-state index >= 15 is 0 Å². The van der Waals surface area contributed by atoms with Gasteiger partial charge < -0.3 is 0 Å². The van der Waals surface area contributed by atoms with Crippen molar-refractivity contribution in [2.45, 2.75) is 0 Å². The van der Waals surface area contributed by atoms with Gasteiger partial charge in [0.2, 0.25) is 0 Å². The summed E-state index contributed by atoms with van der Waals surface area (Å²) in [6.07, 6.45) is 11.0. The number of rotatable bonds is 6. The van der Waals surface area contributed by atoms with Gasteiger partial charge in [-0.05, 0) is 55.7 Å². The second kappa shape index (κ2) is 11.0. The van der Waals surface area contributed by atoms with Crippen molar-refractivity contribution in [1.82, 2.24) is 0 Å². The zero-order chi connectivity index (χ0) is 25.6. The van der Waals surface area contributed by atoms with Gasteiger partial charge in [0.15, 0.2) is 0 Å². The predicted molar refractivity (Wildman–Crippen MR) is 163 cm³/mol. The molecule has 0 heterocycles. The summed E-state index contributed by atoms with van der Waals surface area (Å²) in [5.41, 5.74) is 12.4. The quantitative estimate of drug-likeness (QED) is 0.206. The number of fused-ring (bicyclic) bond motifs is 3. The Hall–Kier alpha value is -4.94. The maximum Gasteiger partial charge on any atom is -0.00204 e. The minimum atomic E-state index is 1.16. The lowest BCUT2D eigenvalue weighted by atomic mass is 9.92. The van der Waals surface area contributed by atoms with Crippen LogP contribution in [0.15, 0.2) is 164 Å². The molecule has 0 unspecified atom stereocenters. The Kier molecular flexibility index (Phi) is 6.78. The first-order chi connectivity index (χ1) is 18.9. The highest BCUT2D eigenvalue weighted by Crippen LogP contribution is 2.47. The summed E-state index contributed by atoms with van der Waals surface area (Å²) in [5, 5.41) is 0. The van der Waals surface area contributed by atoms with Gasteiger partial charge in [-0.2, -0.15) is 0 Å². The molecule has 0 spiro atoms. The number of hydrogen-bond acceptors (Lipinski definition) is 0. The van der Waals surface area contributed by atoms with E-state index in [0.717, 1.165) is 5.57 Å². The Bertz CT molecular complexity index is 1620. The van der Waals surface area contributed by atoms with Crippen molar-refractivity contribution in [3.63, 3.8) is 0 Å². The van der Waals surface area contributed by atoms with Crippen LogP contribution >= 0.6 is 0 Å². The standard InChI is InChI=1S/C38H28/c1-4-15-29(16-5-1)17-14-22-31(30-18-6-2-7-19-30)27-28-33(32-20-8-3-9-21-32)38-36-25-12-10-23-34(36)35-24-11-13-26-37(35)38/h1-28H. The number of allylic oxidation sites excluding steroid dienone is 6. The molecule has 0 N–H and O–H groups in total. The average Bonchev–Trinajstić information content (AvgIpc) is 3.32. The third kappa shape index (κ3) is 4.85. The third-order valence-electron chi connectivity index (χ3n) is 6.94. The zero-order valence-electron chi connectivity index (χ0n) is 21.2. The molecule has 0 atom stereocenters. The van der Waals surface area contributed by atoms with Crippen LogP contribution in [-0.2, 0) is 0 Å². The van der Waals surface area contributed by atoms with Crippen molar-refractivity contribution in [2.24, 2.45) is 0 Å². The van der Waals surface area contributed by atoms with Gasteiger partial charge in [-0.3, -0.25) is 0 Å². The molecule has 5 aromatic carbocycles. The van der Waals surface area contributed by atoms with E-state index in [-0.39, 0.29) is 0 Å². The molecular formula is C38H28. The molecule has 0 nitrogen and oxygen atoms in total. The summed E-state index contributed by atoms with van der Waals surface area (Å²) < 4.78 is 0. The summed E-state index contributed by atoms with van der Waals surface area (Å²) in [5.74, 6) is 0. The van der Waals surface area contributed by atoms with E-state index in [1.807, 2.05) is 6.07 Å². The van der Waals surface area contributed by atoms with Gasteiger partial charge in [0.1, 0.15) is 0 Å². The van der Waals surface area contributed by atoms with Gasteiger partial charge in [-0.25, -0.2) is 0 Å². The molecule has 0 amide bonds. The Labute approximate surface area is 225 Å². The van der Waals surface area contributed by atoms with E-state index in [1.165, 1.54) is 50.1 Å². The van der Waals surface area contributed by atoms with Crippen LogP contribution in [0.2, 0.25) is 0 Å². The van der Waals surface area contributed by atoms with Gasteiger partial charge in [0.25, 0.3) is 0 Å². The lowest BCUT2D eigenvalue weighted by Gasteiger charge is -2.12. The fourth-order valence-electron chi connectivity index (χ4n) is 5.13. The maximum atomic E-state index is 2.29. The second-order valence-corrected chi connectivity index (χ2v) is 9.34. The topological polar surface area (TPSA) is 0 Å². The normalized spacial score (nSPS) is 12.6. The Morgan fingerprint density at radius 3 is 1.47 bits per heavy atom. The van der Waals surface area contributed by atoms with Crippen LogP contribution in [0.1, 0.15) is 27.8 Å². The minimum Gasteiger partial charge on any atom is -0.0622 e. The summed E-state index contributed by atoms with van der Waals surface area (Å²) in [7, 11) is 0. The fraction of sp³-hybridized carbons (Fsp3) is 0. The molecule has 180 valence electrons. The molecule has 0 radical (unpaired) electrons. The minimum absolute atomic E-state index is 1.16. The molecule has 0 fully saturated rings. The van der Waals surface area contributed by atoms with Crippen LogP contribution in [0.4, 0.5) is 0 Å². The van der Waals surface area contributed by atoms with E-state index in [4.69, 9.17) is 0 Å². The van der Waals surface area contributed by atoms with Crippen LogP contribution in [0.25, 0.3) is 33.9 Å². The van der Waals surface area contributed by atoms with Gasteiger partial charge in [0.05, 0.1) is 0 Å². The largest absolute Gasteiger partial charge is 0.0622 e. The molecule has 38 heavy (non-hydrogen) atoms. The van der Waals surface area contributed by atoms with Crippen molar-refractivity contribution < 1.29 is 0 Å². The van der Waals surface area contributed by atoms with E-state index in [2.05, 4.69) is 164 Å². The first-order valence-corrected chi connectivity index (χ1v) is 13.0. The molecule has 5 aromatic rings. The smallest absolute Gasteiger partial charge is 0.00204 e. The van der Waals surface area contributed by atoms with Crippen LogP contribution in [0.5, 0.6) is 0 Å². The van der Waals surface area contributed by atoms with Crippen LogP contribution in [-0.4, -0.2) is 0 Å². The van der Waals surface area contributed by atoms with Crippen molar-refractivity contribution in [2.75, 3.05) is 0 Å².